The van der Waals surface area contributed by atoms with Crippen LogP contribution in [0.3, 0.4) is 0 Å². The molecule has 1 aliphatic rings. The Morgan fingerprint density at radius 3 is 2.53 bits per heavy atom. The molecule has 0 aromatic carbocycles. The predicted octanol–water partition coefficient (Wildman–Crippen LogP) is 3.13. The smallest absolute Gasteiger partial charge is 0.00479 e. The molecule has 0 saturated carbocycles. The van der Waals surface area contributed by atoms with Crippen LogP contribution in [0.15, 0.2) is 0 Å². The first-order valence-electron chi connectivity index (χ1n) is 7.33. The minimum atomic E-state index is 0.494. The first-order chi connectivity index (χ1) is 7.93. The SMILES string of the molecule is CNC(C)CCN1CCCC(C(C)(C)C)CC1. The third-order valence-corrected chi connectivity index (χ3v) is 4.42. The molecule has 0 aromatic rings. The van der Waals surface area contributed by atoms with Crippen LogP contribution in [0.2, 0.25) is 0 Å². The zero-order valence-corrected chi connectivity index (χ0v) is 12.6. The van der Waals surface area contributed by atoms with Gasteiger partial charge in [0, 0.05) is 6.04 Å². The molecule has 17 heavy (non-hydrogen) atoms. The van der Waals surface area contributed by atoms with Crippen LogP contribution in [0, 0.1) is 11.3 Å². The Kier molecular flexibility index (Phi) is 5.94. The van der Waals surface area contributed by atoms with Crippen molar-refractivity contribution in [2.24, 2.45) is 11.3 Å². The Morgan fingerprint density at radius 1 is 1.24 bits per heavy atom. The highest BCUT2D eigenvalue weighted by Crippen LogP contribution is 2.34. The van der Waals surface area contributed by atoms with E-state index >= 15 is 0 Å². The average Bonchev–Trinajstić information content (AvgIpc) is 2.50. The zero-order chi connectivity index (χ0) is 12.9. The lowest BCUT2D eigenvalue weighted by Gasteiger charge is -2.30. The Morgan fingerprint density at radius 2 is 1.94 bits per heavy atom. The minimum Gasteiger partial charge on any atom is -0.317 e. The van der Waals surface area contributed by atoms with Gasteiger partial charge < -0.3 is 10.2 Å². The van der Waals surface area contributed by atoms with Gasteiger partial charge in [0.1, 0.15) is 0 Å². The average molecular weight is 240 g/mol. The summed E-state index contributed by atoms with van der Waals surface area (Å²) >= 11 is 0. The van der Waals surface area contributed by atoms with E-state index in [0.717, 1.165) is 5.92 Å². The molecule has 1 rings (SSSR count). The fourth-order valence-corrected chi connectivity index (χ4v) is 2.77. The first kappa shape index (κ1) is 15.0. The van der Waals surface area contributed by atoms with Gasteiger partial charge >= 0.3 is 0 Å². The van der Waals surface area contributed by atoms with Crippen molar-refractivity contribution in [1.29, 1.82) is 0 Å². The molecule has 1 aliphatic heterocycles. The number of hydrogen-bond donors (Lipinski definition) is 1. The zero-order valence-electron chi connectivity index (χ0n) is 12.6. The van der Waals surface area contributed by atoms with Gasteiger partial charge in [-0.05, 0) is 70.6 Å². The van der Waals surface area contributed by atoms with E-state index in [9.17, 15) is 0 Å². The van der Waals surface area contributed by atoms with Crippen molar-refractivity contribution in [3.05, 3.63) is 0 Å². The van der Waals surface area contributed by atoms with Crippen molar-refractivity contribution in [1.82, 2.24) is 10.2 Å². The number of hydrogen-bond acceptors (Lipinski definition) is 2. The molecule has 2 atom stereocenters. The molecule has 1 fully saturated rings. The van der Waals surface area contributed by atoms with E-state index in [-0.39, 0.29) is 0 Å². The van der Waals surface area contributed by atoms with Crippen molar-refractivity contribution in [3.8, 4) is 0 Å². The highest BCUT2D eigenvalue weighted by molar-refractivity contribution is 4.79. The van der Waals surface area contributed by atoms with E-state index in [1.54, 1.807) is 0 Å². The molecular formula is C15H32N2. The van der Waals surface area contributed by atoms with Gasteiger partial charge in [-0.15, -0.1) is 0 Å². The second kappa shape index (κ2) is 6.75. The Balaban J connectivity index is 2.32. The van der Waals surface area contributed by atoms with Crippen LogP contribution in [0.4, 0.5) is 0 Å². The van der Waals surface area contributed by atoms with Gasteiger partial charge in [-0.2, -0.15) is 0 Å². The van der Waals surface area contributed by atoms with E-state index < -0.39 is 0 Å². The van der Waals surface area contributed by atoms with E-state index in [0.29, 0.717) is 11.5 Å². The molecule has 102 valence electrons. The summed E-state index contributed by atoms with van der Waals surface area (Å²) in [6, 6.07) is 0.650. The highest BCUT2D eigenvalue weighted by atomic mass is 15.1. The van der Waals surface area contributed by atoms with Crippen LogP contribution in [0.5, 0.6) is 0 Å². The Bertz CT molecular complexity index is 207. The fourth-order valence-electron chi connectivity index (χ4n) is 2.77. The first-order valence-corrected chi connectivity index (χ1v) is 7.33. The lowest BCUT2D eigenvalue weighted by molar-refractivity contribution is 0.206. The van der Waals surface area contributed by atoms with Gasteiger partial charge in [-0.1, -0.05) is 20.8 Å². The van der Waals surface area contributed by atoms with Crippen LogP contribution >= 0.6 is 0 Å². The molecule has 1 saturated heterocycles. The second-order valence-corrected chi connectivity index (χ2v) is 6.81. The summed E-state index contributed by atoms with van der Waals surface area (Å²) in [4.78, 5) is 2.67. The van der Waals surface area contributed by atoms with Crippen LogP contribution in [-0.2, 0) is 0 Å². The number of rotatable bonds is 4. The van der Waals surface area contributed by atoms with Crippen molar-refractivity contribution in [2.45, 2.75) is 59.4 Å². The standard InChI is InChI=1S/C15H32N2/c1-13(16-5)8-11-17-10-6-7-14(9-12-17)15(2,3)4/h13-14,16H,6-12H2,1-5H3. The summed E-state index contributed by atoms with van der Waals surface area (Å²) in [5, 5.41) is 3.33. The van der Waals surface area contributed by atoms with Crippen LogP contribution < -0.4 is 5.32 Å². The van der Waals surface area contributed by atoms with Gasteiger partial charge in [0.15, 0.2) is 0 Å². The van der Waals surface area contributed by atoms with E-state index in [4.69, 9.17) is 0 Å². The maximum absolute atomic E-state index is 3.33. The lowest BCUT2D eigenvalue weighted by Crippen LogP contribution is -2.32. The highest BCUT2D eigenvalue weighted by Gasteiger charge is 2.26. The molecule has 2 heteroatoms. The molecule has 0 spiro atoms. The molecule has 0 aromatic heterocycles. The maximum Gasteiger partial charge on any atom is 0.00479 e. The van der Waals surface area contributed by atoms with Crippen molar-refractivity contribution in [3.63, 3.8) is 0 Å². The van der Waals surface area contributed by atoms with E-state index in [2.05, 4.69) is 45.0 Å². The van der Waals surface area contributed by atoms with E-state index in [1.165, 1.54) is 45.3 Å². The lowest BCUT2D eigenvalue weighted by atomic mass is 9.77. The quantitative estimate of drug-likeness (QED) is 0.812. The molecule has 1 N–H and O–H groups in total. The molecule has 2 unspecified atom stereocenters. The summed E-state index contributed by atoms with van der Waals surface area (Å²) < 4.78 is 0. The van der Waals surface area contributed by atoms with Gasteiger partial charge in [0.05, 0.1) is 0 Å². The summed E-state index contributed by atoms with van der Waals surface area (Å²) in [7, 11) is 2.06. The summed E-state index contributed by atoms with van der Waals surface area (Å²) in [5.41, 5.74) is 0.494. The normalized spacial score (nSPS) is 25.6. The second-order valence-electron chi connectivity index (χ2n) is 6.81. The third-order valence-electron chi connectivity index (χ3n) is 4.42. The monoisotopic (exact) mass is 240 g/mol. The number of nitrogens with zero attached hydrogens (tertiary/aromatic N) is 1. The van der Waals surface area contributed by atoms with E-state index in [1.807, 2.05) is 0 Å². The van der Waals surface area contributed by atoms with Gasteiger partial charge in [0.2, 0.25) is 0 Å². The molecule has 0 radical (unpaired) electrons. The molecule has 2 nitrogen and oxygen atoms in total. The van der Waals surface area contributed by atoms with Crippen LogP contribution in [-0.4, -0.2) is 37.6 Å². The summed E-state index contributed by atoms with van der Waals surface area (Å²) in [5.74, 6) is 0.911. The third kappa shape index (κ3) is 5.39. The minimum absolute atomic E-state index is 0.494. The van der Waals surface area contributed by atoms with Gasteiger partial charge in [-0.3, -0.25) is 0 Å². The van der Waals surface area contributed by atoms with Crippen molar-refractivity contribution < 1.29 is 0 Å². The van der Waals surface area contributed by atoms with Crippen molar-refractivity contribution in [2.75, 3.05) is 26.7 Å². The maximum atomic E-state index is 3.33. The Labute approximate surface area is 108 Å². The topological polar surface area (TPSA) is 15.3 Å². The number of nitrogens with one attached hydrogen (secondary N) is 1. The number of likely N-dealkylation sites (tertiary alicyclic amines) is 1. The van der Waals surface area contributed by atoms with Crippen LogP contribution in [0.25, 0.3) is 0 Å². The summed E-state index contributed by atoms with van der Waals surface area (Å²) in [6.07, 6.45) is 5.46. The van der Waals surface area contributed by atoms with Crippen molar-refractivity contribution >= 4 is 0 Å². The largest absolute Gasteiger partial charge is 0.317 e. The van der Waals surface area contributed by atoms with Gasteiger partial charge in [-0.25, -0.2) is 0 Å². The van der Waals surface area contributed by atoms with Crippen LogP contribution in [0.1, 0.15) is 53.4 Å². The molecule has 1 heterocycles. The Hall–Kier alpha value is -0.0800. The van der Waals surface area contributed by atoms with Gasteiger partial charge in [0.25, 0.3) is 0 Å². The molecule has 0 aliphatic carbocycles. The molecule has 0 bridgehead atoms. The predicted molar refractivity (Wildman–Crippen MR) is 76.4 cm³/mol. The molecular weight excluding hydrogens is 208 g/mol. The summed E-state index contributed by atoms with van der Waals surface area (Å²) in [6.45, 7) is 13.3. The molecule has 0 amide bonds. The fraction of sp³-hybridized carbons (Fsp3) is 1.00.